The van der Waals surface area contributed by atoms with E-state index in [1.54, 1.807) is 0 Å². The summed E-state index contributed by atoms with van der Waals surface area (Å²) in [6, 6.07) is 2.90. The van der Waals surface area contributed by atoms with Crippen LogP contribution in [0.1, 0.15) is 79.0 Å². The SMILES string of the molecule is CC(C)(C)c1cc(C=N[C@@H](CO[Si](C)(C)C(C)(C)C)C(=O)O)c(O)c(C(C)(C)C)c1. The summed E-state index contributed by atoms with van der Waals surface area (Å²) in [5, 5.41) is 20.5. The summed E-state index contributed by atoms with van der Waals surface area (Å²) in [5.41, 5.74) is 2.04. The first-order valence-electron chi connectivity index (χ1n) is 10.6. The topological polar surface area (TPSA) is 79.1 Å². The van der Waals surface area contributed by atoms with Gasteiger partial charge in [0.15, 0.2) is 14.4 Å². The van der Waals surface area contributed by atoms with E-state index < -0.39 is 20.3 Å². The Morgan fingerprint density at radius 2 is 1.60 bits per heavy atom. The average molecular weight is 436 g/mol. The maximum Gasteiger partial charge on any atom is 0.330 e. The molecule has 0 aromatic heterocycles. The Balaban J connectivity index is 3.32. The maximum absolute atomic E-state index is 11.8. The zero-order chi connectivity index (χ0) is 23.7. The number of rotatable bonds is 6. The van der Waals surface area contributed by atoms with Crippen LogP contribution < -0.4 is 0 Å². The molecule has 0 aliphatic heterocycles. The van der Waals surface area contributed by atoms with Crippen molar-refractivity contribution in [1.82, 2.24) is 0 Å². The van der Waals surface area contributed by atoms with Gasteiger partial charge in [-0.1, -0.05) is 68.4 Å². The van der Waals surface area contributed by atoms with Crippen molar-refractivity contribution in [2.75, 3.05) is 6.61 Å². The summed E-state index contributed by atoms with van der Waals surface area (Å²) >= 11 is 0. The molecule has 1 atom stereocenters. The minimum Gasteiger partial charge on any atom is -0.507 e. The molecular formula is C24H41NO4Si. The van der Waals surface area contributed by atoms with Crippen molar-refractivity contribution in [1.29, 1.82) is 0 Å². The van der Waals surface area contributed by atoms with Crippen LogP contribution in [0.5, 0.6) is 5.75 Å². The van der Waals surface area contributed by atoms with Gasteiger partial charge in [0.25, 0.3) is 0 Å². The molecule has 0 radical (unpaired) electrons. The van der Waals surface area contributed by atoms with Crippen LogP contribution in [0, 0.1) is 0 Å². The molecule has 1 aromatic carbocycles. The van der Waals surface area contributed by atoms with Crippen LogP contribution in [0.3, 0.4) is 0 Å². The third-order valence-corrected chi connectivity index (χ3v) is 10.4. The van der Waals surface area contributed by atoms with Crippen molar-refractivity contribution >= 4 is 20.5 Å². The molecule has 0 amide bonds. The van der Waals surface area contributed by atoms with E-state index in [1.165, 1.54) is 6.21 Å². The molecule has 0 bridgehead atoms. The molecule has 0 saturated heterocycles. The van der Waals surface area contributed by atoms with Crippen LogP contribution in [-0.2, 0) is 20.1 Å². The Hall–Kier alpha value is -1.66. The third kappa shape index (κ3) is 6.67. The maximum atomic E-state index is 11.8. The zero-order valence-corrected chi connectivity index (χ0v) is 21.7. The van der Waals surface area contributed by atoms with Crippen LogP contribution >= 0.6 is 0 Å². The highest BCUT2D eigenvalue weighted by atomic mass is 28.4. The highest BCUT2D eigenvalue weighted by Crippen LogP contribution is 2.38. The summed E-state index contributed by atoms with van der Waals surface area (Å²) < 4.78 is 6.07. The van der Waals surface area contributed by atoms with Crippen LogP contribution in [0.4, 0.5) is 0 Å². The fourth-order valence-corrected chi connectivity index (χ4v) is 3.62. The number of benzene rings is 1. The van der Waals surface area contributed by atoms with Gasteiger partial charge in [-0.15, -0.1) is 0 Å². The molecular weight excluding hydrogens is 394 g/mol. The Morgan fingerprint density at radius 3 is 2.00 bits per heavy atom. The van der Waals surface area contributed by atoms with Crippen molar-refractivity contribution in [3.8, 4) is 5.75 Å². The van der Waals surface area contributed by atoms with E-state index in [0.29, 0.717) is 5.56 Å². The highest BCUT2D eigenvalue weighted by Gasteiger charge is 2.38. The fraction of sp³-hybridized carbons (Fsp3) is 0.667. The number of hydrogen-bond acceptors (Lipinski definition) is 4. The van der Waals surface area contributed by atoms with E-state index in [2.05, 4.69) is 59.6 Å². The molecule has 0 fully saturated rings. The Kier molecular flexibility index (Phi) is 7.76. The first-order chi connectivity index (χ1) is 13.3. The monoisotopic (exact) mass is 435 g/mol. The summed E-state index contributed by atoms with van der Waals surface area (Å²) in [4.78, 5) is 16.1. The molecule has 170 valence electrons. The number of carbonyl (C=O) groups is 1. The molecule has 0 aliphatic rings. The van der Waals surface area contributed by atoms with Gasteiger partial charge in [-0.05, 0) is 40.6 Å². The molecule has 0 aliphatic carbocycles. The first-order valence-corrected chi connectivity index (χ1v) is 13.5. The summed E-state index contributed by atoms with van der Waals surface area (Å²) in [6.45, 7) is 23.0. The lowest BCUT2D eigenvalue weighted by Crippen LogP contribution is -2.43. The smallest absolute Gasteiger partial charge is 0.330 e. The van der Waals surface area contributed by atoms with E-state index >= 15 is 0 Å². The van der Waals surface area contributed by atoms with Crippen LogP contribution in [0.2, 0.25) is 18.1 Å². The summed E-state index contributed by atoms with van der Waals surface area (Å²) in [5.74, 6) is -0.888. The van der Waals surface area contributed by atoms with Gasteiger partial charge in [0, 0.05) is 17.3 Å². The molecule has 0 saturated carbocycles. The minimum atomic E-state index is -2.09. The van der Waals surface area contributed by atoms with Gasteiger partial charge in [0.2, 0.25) is 0 Å². The molecule has 0 unspecified atom stereocenters. The van der Waals surface area contributed by atoms with Crippen LogP contribution in [0.25, 0.3) is 0 Å². The number of aliphatic imine (C=N–C) groups is 1. The van der Waals surface area contributed by atoms with Gasteiger partial charge in [-0.25, -0.2) is 4.79 Å². The lowest BCUT2D eigenvalue weighted by Gasteiger charge is -2.36. The van der Waals surface area contributed by atoms with Gasteiger partial charge >= 0.3 is 5.97 Å². The second kappa shape index (κ2) is 8.83. The first kappa shape index (κ1) is 26.4. The molecule has 0 heterocycles. The van der Waals surface area contributed by atoms with Gasteiger partial charge in [-0.2, -0.15) is 0 Å². The number of phenols is 1. The summed E-state index contributed by atoms with van der Waals surface area (Å²) in [7, 11) is -2.09. The van der Waals surface area contributed by atoms with Gasteiger partial charge in [-0.3, -0.25) is 4.99 Å². The highest BCUT2D eigenvalue weighted by molar-refractivity contribution is 6.74. The number of phenolic OH excluding ortho intramolecular Hbond substituents is 1. The lowest BCUT2D eigenvalue weighted by atomic mass is 9.79. The van der Waals surface area contributed by atoms with E-state index in [9.17, 15) is 15.0 Å². The van der Waals surface area contributed by atoms with Crippen LogP contribution in [0.15, 0.2) is 17.1 Å². The largest absolute Gasteiger partial charge is 0.507 e. The standard InChI is InChI=1S/C24H41NO4Si/c1-22(2,3)17-12-16(20(26)18(13-17)23(4,5)6)14-25-19(21(27)28)15-29-30(10,11)24(7,8)9/h12-14,19,26H,15H2,1-11H3,(H,27,28)/t19-/m0/s1. The second-order valence-corrected chi connectivity index (χ2v) is 16.5. The predicted molar refractivity (Wildman–Crippen MR) is 128 cm³/mol. The van der Waals surface area contributed by atoms with Crippen molar-refractivity contribution < 1.29 is 19.4 Å². The number of aliphatic carboxylic acids is 1. The van der Waals surface area contributed by atoms with Crippen LogP contribution in [-0.4, -0.2) is 43.4 Å². The van der Waals surface area contributed by atoms with E-state index in [0.717, 1.165) is 11.1 Å². The van der Waals surface area contributed by atoms with E-state index in [1.807, 2.05) is 32.9 Å². The Morgan fingerprint density at radius 1 is 1.07 bits per heavy atom. The van der Waals surface area contributed by atoms with Gasteiger partial charge in [0.05, 0.1) is 6.61 Å². The van der Waals surface area contributed by atoms with Crippen molar-refractivity contribution in [3.63, 3.8) is 0 Å². The van der Waals surface area contributed by atoms with Crippen molar-refractivity contribution in [2.24, 2.45) is 4.99 Å². The number of carboxylic acid groups (broad SMARTS) is 1. The minimum absolute atomic E-state index is 0.0132. The van der Waals surface area contributed by atoms with E-state index in [-0.39, 0.29) is 28.2 Å². The number of aromatic hydroxyl groups is 1. The third-order valence-electron chi connectivity index (χ3n) is 5.90. The molecule has 30 heavy (non-hydrogen) atoms. The van der Waals surface area contributed by atoms with Gasteiger partial charge in [0.1, 0.15) is 5.75 Å². The molecule has 0 spiro atoms. The number of carboxylic acids is 1. The average Bonchev–Trinajstić information content (AvgIpc) is 2.52. The summed E-state index contributed by atoms with van der Waals surface area (Å²) in [6.07, 6.45) is 1.48. The van der Waals surface area contributed by atoms with Gasteiger partial charge < -0.3 is 14.6 Å². The molecule has 6 heteroatoms. The molecule has 5 nitrogen and oxygen atoms in total. The quantitative estimate of drug-likeness (QED) is 0.432. The second-order valence-electron chi connectivity index (χ2n) is 11.7. The zero-order valence-electron chi connectivity index (χ0n) is 20.7. The Labute approximate surface area is 183 Å². The predicted octanol–water partition coefficient (Wildman–Crippen LogP) is 5.88. The lowest BCUT2D eigenvalue weighted by molar-refractivity contribution is -0.139. The number of nitrogens with zero attached hydrogens (tertiary/aromatic N) is 1. The molecule has 1 aromatic rings. The number of hydrogen-bond donors (Lipinski definition) is 2. The molecule has 2 N–H and O–H groups in total. The van der Waals surface area contributed by atoms with E-state index in [4.69, 9.17) is 4.43 Å². The van der Waals surface area contributed by atoms with Crippen molar-refractivity contribution in [2.45, 2.75) is 97.3 Å². The fourth-order valence-electron chi connectivity index (χ4n) is 2.61. The Bertz CT molecular complexity index is 793. The normalized spacial score (nSPS) is 14.9. The molecule has 1 rings (SSSR count). The van der Waals surface area contributed by atoms with Crippen molar-refractivity contribution in [3.05, 3.63) is 28.8 Å².